The molecule has 0 aliphatic heterocycles. The standard InChI is InChI=1S/C22H19N/c1-2-14-22(17-23)15-12-21(13-16-22)20-10-8-19(9-11-20)18-6-4-3-5-7-18/h2-13,15H,1,14,16H2. The number of allylic oxidation sites excluding steroid dienone is 5. The molecule has 23 heavy (non-hydrogen) atoms. The van der Waals surface area contributed by atoms with Crippen LogP contribution in [-0.2, 0) is 0 Å². The Morgan fingerprint density at radius 1 is 1.00 bits per heavy atom. The monoisotopic (exact) mass is 297 g/mol. The third-order valence-electron chi connectivity index (χ3n) is 4.32. The molecular weight excluding hydrogens is 278 g/mol. The van der Waals surface area contributed by atoms with Gasteiger partial charge >= 0.3 is 0 Å². The van der Waals surface area contributed by atoms with E-state index < -0.39 is 5.41 Å². The molecule has 0 bridgehead atoms. The van der Waals surface area contributed by atoms with E-state index in [0.717, 1.165) is 6.42 Å². The van der Waals surface area contributed by atoms with Crippen LogP contribution in [0.15, 0.2) is 85.5 Å². The van der Waals surface area contributed by atoms with Crippen LogP contribution in [0.1, 0.15) is 18.4 Å². The van der Waals surface area contributed by atoms with Gasteiger partial charge in [0, 0.05) is 0 Å². The average Bonchev–Trinajstić information content (AvgIpc) is 2.63. The Kier molecular flexibility index (Phi) is 4.26. The minimum atomic E-state index is -0.421. The molecule has 0 fully saturated rings. The number of hydrogen-bond acceptors (Lipinski definition) is 1. The van der Waals surface area contributed by atoms with Gasteiger partial charge in [0.15, 0.2) is 0 Å². The summed E-state index contributed by atoms with van der Waals surface area (Å²) in [6.45, 7) is 3.76. The highest BCUT2D eigenvalue weighted by molar-refractivity contribution is 5.77. The highest BCUT2D eigenvalue weighted by atomic mass is 14.4. The molecule has 0 saturated heterocycles. The van der Waals surface area contributed by atoms with Gasteiger partial charge in [0.25, 0.3) is 0 Å². The predicted octanol–water partition coefficient (Wildman–Crippen LogP) is 5.78. The minimum Gasteiger partial charge on any atom is -0.197 e. The first-order valence-corrected chi connectivity index (χ1v) is 7.84. The van der Waals surface area contributed by atoms with Gasteiger partial charge in [0.1, 0.15) is 0 Å². The molecule has 0 radical (unpaired) electrons. The van der Waals surface area contributed by atoms with Gasteiger partial charge in [-0.25, -0.2) is 0 Å². The summed E-state index contributed by atoms with van der Waals surface area (Å²) in [5.74, 6) is 0. The molecule has 0 spiro atoms. The summed E-state index contributed by atoms with van der Waals surface area (Å²) in [5.41, 5.74) is 4.38. The van der Waals surface area contributed by atoms with Crippen molar-refractivity contribution in [3.63, 3.8) is 0 Å². The van der Waals surface area contributed by atoms with E-state index in [4.69, 9.17) is 0 Å². The molecule has 1 atom stereocenters. The summed E-state index contributed by atoms with van der Waals surface area (Å²) >= 11 is 0. The first-order chi connectivity index (χ1) is 11.3. The third-order valence-corrected chi connectivity index (χ3v) is 4.32. The van der Waals surface area contributed by atoms with Crippen molar-refractivity contribution < 1.29 is 0 Å². The van der Waals surface area contributed by atoms with Crippen molar-refractivity contribution in [2.75, 3.05) is 0 Å². The summed E-state index contributed by atoms with van der Waals surface area (Å²) in [6.07, 6.45) is 9.49. The summed E-state index contributed by atoms with van der Waals surface area (Å²) in [6, 6.07) is 21.4. The van der Waals surface area contributed by atoms with Gasteiger partial charge in [-0.2, -0.15) is 5.26 Å². The van der Waals surface area contributed by atoms with Crippen molar-refractivity contribution in [3.8, 4) is 17.2 Å². The van der Waals surface area contributed by atoms with E-state index in [9.17, 15) is 5.26 Å². The quantitative estimate of drug-likeness (QED) is 0.656. The van der Waals surface area contributed by atoms with Gasteiger partial charge < -0.3 is 0 Å². The van der Waals surface area contributed by atoms with Crippen molar-refractivity contribution in [3.05, 3.63) is 91.0 Å². The maximum Gasteiger partial charge on any atom is 0.0825 e. The lowest BCUT2D eigenvalue weighted by atomic mass is 9.78. The Bertz CT molecular complexity index is 788. The summed E-state index contributed by atoms with van der Waals surface area (Å²) < 4.78 is 0. The normalized spacial score (nSPS) is 19.7. The Hall–Kier alpha value is -2.85. The molecule has 1 aliphatic carbocycles. The number of benzene rings is 2. The fourth-order valence-electron chi connectivity index (χ4n) is 2.91. The topological polar surface area (TPSA) is 23.8 Å². The molecule has 112 valence electrons. The summed E-state index contributed by atoms with van der Waals surface area (Å²) in [4.78, 5) is 0. The molecule has 1 unspecified atom stereocenters. The van der Waals surface area contributed by atoms with Crippen molar-refractivity contribution in [2.45, 2.75) is 12.8 Å². The lowest BCUT2D eigenvalue weighted by Gasteiger charge is -2.23. The third kappa shape index (κ3) is 3.17. The molecule has 1 heteroatoms. The first kappa shape index (κ1) is 15.1. The van der Waals surface area contributed by atoms with Gasteiger partial charge in [-0.15, -0.1) is 6.58 Å². The van der Waals surface area contributed by atoms with Gasteiger partial charge in [0.05, 0.1) is 11.5 Å². The molecule has 1 aliphatic rings. The van der Waals surface area contributed by atoms with Gasteiger partial charge in [0.2, 0.25) is 0 Å². The molecular formula is C22H19N. The number of rotatable bonds is 4. The molecule has 0 heterocycles. The van der Waals surface area contributed by atoms with Crippen molar-refractivity contribution in [2.24, 2.45) is 5.41 Å². The molecule has 0 saturated carbocycles. The summed E-state index contributed by atoms with van der Waals surface area (Å²) in [7, 11) is 0. The van der Waals surface area contributed by atoms with E-state index in [2.05, 4.69) is 73.3 Å². The van der Waals surface area contributed by atoms with Crippen LogP contribution in [0, 0.1) is 16.7 Å². The van der Waals surface area contributed by atoms with E-state index >= 15 is 0 Å². The Morgan fingerprint density at radius 2 is 1.65 bits per heavy atom. The Labute approximate surface area is 137 Å². The zero-order chi connectivity index (χ0) is 16.1. The maximum absolute atomic E-state index is 9.41. The largest absolute Gasteiger partial charge is 0.197 e. The van der Waals surface area contributed by atoms with E-state index in [1.165, 1.54) is 22.3 Å². The van der Waals surface area contributed by atoms with Crippen LogP contribution < -0.4 is 0 Å². The first-order valence-electron chi connectivity index (χ1n) is 7.84. The highest BCUT2D eigenvalue weighted by Gasteiger charge is 2.26. The highest BCUT2D eigenvalue weighted by Crippen LogP contribution is 2.36. The van der Waals surface area contributed by atoms with Crippen molar-refractivity contribution >= 4 is 5.57 Å². The van der Waals surface area contributed by atoms with Crippen molar-refractivity contribution in [1.29, 1.82) is 5.26 Å². The predicted molar refractivity (Wildman–Crippen MR) is 96.5 cm³/mol. The van der Waals surface area contributed by atoms with Crippen LogP contribution in [-0.4, -0.2) is 0 Å². The lowest BCUT2D eigenvalue weighted by molar-refractivity contribution is 0.520. The second kappa shape index (κ2) is 6.50. The number of hydrogen-bond donors (Lipinski definition) is 0. The van der Waals surface area contributed by atoms with Crippen molar-refractivity contribution in [1.82, 2.24) is 0 Å². The lowest BCUT2D eigenvalue weighted by Crippen LogP contribution is -2.15. The molecule has 1 nitrogen and oxygen atoms in total. The molecule has 0 N–H and O–H groups in total. The van der Waals surface area contributed by atoms with Gasteiger partial charge in [-0.3, -0.25) is 0 Å². The van der Waals surface area contributed by atoms with E-state index in [1.807, 2.05) is 18.2 Å². The zero-order valence-electron chi connectivity index (χ0n) is 13.1. The van der Waals surface area contributed by atoms with Crippen LogP contribution in [0.2, 0.25) is 0 Å². The maximum atomic E-state index is 9.41. The van der Waals surface area contributed by atoms with Gasteiger partial charge in [-0.1, -0.05) is 78.9 Å². The second-order valence-electron chi connectivity index (χ2n) is 5.90. The van der Waals surface area contributed by atoms with Crippen LogP contribution in [0.5, 0.6) is 0 Å². The fraction of sp³-hybridized carbons (Fsp3) is 0.136. The minimum absolute atomic E-state index is 0.421. The second-order valence-corrected chi connectivity index (χ2v) is 5.90. The average molecular weight is 297 g/mol. The van der Waals surface area contributed by atoms with E-state index in [-0.39, 0.29) is 0 Å². The molecule has 2 aromatic carbocycles. The van der Waals surface area contributed by atoms with Crippen LogP contribution in [0.25, 0.3) is 16.7 Å². The number of nitriles is 1. The van der Waals surface area contributed by atoms with Crippen LogP contribution in [0.3, 0.4) is 0 Å². The number of nitrogens with zero attached hydrogens (tertiary/aromatic N) is 1. The van der Waals surface area contributed by atoms with Crippen LogP contribution >= 0.6 is 0 Å². The molecule has 2 aromatic rings. The summed E-state index contributed by atoms with van der Waals surface area (Å²) in [5, 5.41) is 9.41. The molecule has 3 rings (SSSR count). The molecule has 0 amide bonds. The Balaban J connectivity index is 1.81. The molecule has 0 aromatic heterocycles. The zero-order valence-corrected chi connectivity index (χ0v) is 13.1. The van der Waals surface area contributed by atoms with E-state index in [0.29, 0.717) is 6.42 Å². The van der Waals surface area contributed by atoms with E-state index in [1.54, 1.807) is 0 Å². The fourth-order valence-corrected chi connectivity index (χ4v) is 2.91. The Morgan fingerprint density at radius 3 is 2.22 bits per heavy atom. The van der Waals surface area contributed by atoms with Gasteiger partial charge in [-0.05, 0) is 35.1 Å². The smallest absolute Gasteiger partial charge is 0.0825 e. The SMILES string of the molecule is C=CCC1(C#N)C=CC(c2ccc(-c3ccccc3)cc2)=CC1. The van der Waals surface area contributed by atoms with Crippen LogP contribution in [0.4, 0.5) is 0 Å².